The first-order valence-electron chi connectivity index (χ1n) is 6.40. The normalized spacial score (nSPS) is 10.7. The number of hydrazone groups is 1. The molecule has 3 N–H and O–H groups in total. The molecule has 0 saturated heterocycles. The largest absolute Gasteiger partial charge is 0.489 e. The topological polar surface area (TPSA) is 59.6 Å². The lowest BCUT2D eigenvalue weighted by molar-refractivity contribution is 0.299. The lowest BCUT2D eigenvalue weighted by Gasteiger charge is -2.07. The van der Waals surface area contributed by atoms with E-state index in [0.29, 0.717) is 0 Å². The predicted octanol–water partition coefficient (Wildman–Crippen LogP) is 2.85. The van der Waals surface area contributed by atoms with Crippen LogP contribution in [-0.2, 0) is 6.61 Å². The van der Waals surface area contributed by atoms with Gasteiger partial charge in [0.2, 0.25) is 0 Å². The van der Waals surface area contributed by atoms with Gasteiger partial charge in [0.05, 0.1) is 6.21 Å². The number of ether oxygens (including phenoxy) is 1. The standard InChI is InChI=1S/C15H12F3N3OS/c16-12-5-11(6-13(17)14(12)18)22-8-10-3-1-9(2-4-10)7-20-21-15(19)23/h1-7H,8H2,(H3,19,21,23). The third-order valence-corrected chi connectivity index (χ3v) is 2.82. The van der Waals surface area contributed by atoms with Gasteiger partial charge in [0.15, 0.2) is 22.6 Å². The minimum atomic E-state index is -1.52. The summed E-state index contributed by atoms with van der Waals surface area (Å²) in [6.07, 6.45) is 1.52. The Balaban J connectivity index is 1.96. The molecule has 0 saturated carbocycles. The van der Waals surface area contributed by atoms with Crippen LogP contribution >= 0.6 is 12.2 Å². The van der Waals surface area contributed by atoms with E-state index in [1.54, 1.807) is 24.3 Å². The molecule has 2 aromatic carbocycles. The van der Waals surface area contributed by atoms with Crippen LogP contribution in [0.1, 0.15) is 11.1 Å². The molecule has 0 aromatic heterocycles. The fraction of sp³-hybridized carbons (Fsp3) is 0.0667. The van der Waals surface area contributed by atoms with Crippen LogP contribution < -0.4 is 15.9 Å². The second-order valence-corrected chi connectivity index (χ2v) is 4.91. The number of rotatable bonds is 5. The first kappa shape index (κ1) is 16.8. The number of benzene rings is 2. The van der Waals surface area contributed by atoms with E-state index in [2.05, 4.69) is 22.7 Å². The van der Waals surface area contributed by atoms with Gasteiger partial charge in [-0.05, 0) is 23.3 Å². The molecule has 2 rings (SSSR count). The van der Waals surface area contributed by atoms with Crippen molar-refractivity contribution < 1.29 is 17.9 Å². The summed E-state index contributed by atoms with van der Waals surface area (Å²) in [5, 5.41) is 3.86. The number of nitrogens with one attached hydrogen (secondary N) is 1. The van der Waals surface area contributed by atoms with Crippen molar-refractivity contribution in [1.29, 1.82) is 0 Å². The third kappa shape index (κ3) is 4.96. The van der Waals surface area contributed by atoms with Gasteiger partial charge in [0.25, 0.3) is 0 Å². The van der Waals surface area contributed by atoms with Crippen LogP contribution in [0.15, 0.2) is 41.5 Å². The third-order valence-electron chi connectivity index (χ3n) is 2.73. The summed E-state index contributed by atoms with van der Waals surface area (Å²) in [7, 11) is 0. The Morgan fingerprint density at radius 1 is 1.17 bits per heavy atom. The van der Waals surface area contributed by atoms with Crippen LogP contribution in [0.25, 0.3) is 0 Å². The van der Waals surface area contributed by atoms with Crippen molar-refractivity contribution in [3.8, 4) is 5.75 Å². The zero-order chi connectivity index (χ0) is 16.8. The fourth-order valence-electron chi connectivity index (χ4n) is 1.65. The molecule has 0 unspecified atom stereocenters. The van der Waals surface area contributed by atoms with Gasteiger partial charge in [0.1, 0.15) is 12.4 Å². The van der Waals surface area contributed by atoms with E-state index in [-0.39, 0.29) is 17.5 Å². The summed E-state index contributed by atoms with van der Waals surface area (Å²) in [6, 6.07) is 8.60. The molecule has 0 fully saturated rings. The molecule has 120 valence electrons. The average Bonchev–Trinajstić information content (AvgIpc) is 2.51. The highest BCUT2D eigenvalue weighted by Crippen LogP contribution is 2.20. The monoisotopic (exact) mass is 339 g/mol. The minimum absolute atomic E-state index is 0.0602. The lowest BCUT2D eigenvalue weighted by Crippen LogP contribution is -2.23. The minimum Gasteiger partial charge on any atom is -0.489 e. The first-order chi connectivity index (χ1) is 11.0. The SMILES string of the molecule is NC(=S)NN=Cc1ccc(COc2cc(F)c(F)c(F)c2)cc1. The van der Waals surface area contributed by atoms with Crippen LogP contribution in [0.3, 0.4) is 0 Å². The van der Waals surface area contributed by atoms with E-state index in [0.717, 1.165) is 23.3 Å². The smallest absolute Gasteiger partial charge is 0.194 e. The lowest BCUT2D eigenvalue weighted by atomic mass is 10.1. The summed E-state index contributed by atoms with van der Waals surface area (Å²) in [5.74, 6) is -4.20. The number of hydrogen-bond donors (Lipinski definition) is 2. The molecule has 0 radical (unpaired) electrons. The van der Waals surface area contributed by atoms with Crippen molar-refractivity contribution in [3.63, 3.8) is 0 Å². The second kappa shape index (κ2) is 7.59. The Kier molecular flexibility index (Phi) is 5.53. The van der Waals surface area contributed by atoms with Crippen LogP contribution in [0, 0.1) is 17.5 Å². The fourth-order valence-corrected chi connectivity index (χ4v) is 1.71. The molecular weight excluding hydrogens is 327 g/mol. The van der Waals surface area contributed by atoms with E-state index in [9.17, 15) is 13.2 Å². The maximum atomic E-state index is 13.1. The van der Waals surface area contributed by atoms with E-state index >= 15 is 0 Å². The van der Waals surface area contributed by atoms with E-state index < -0.39 is 17.5 Å². The molecule has 4 nitrogen and oxygen atoms in total. The zero-order valence-corrected chi connectivity index (χ0v) is 12.5. The second-order valence-electron chi connectivity index (χ2n) is 4.47. The van der Waals surface area contributed by atoms with Gasteiger partial charge in [-0.25, -0.2) is 13.2 Å². The maximum absolute atomic E-state index is 13.1. The molecule has 2 aromatic rings. The van der Waals surface area contributed by atoms with E-state index in [1.165, 1.54) is 6.21 Å². The molecule has 0 spiro atoms. The molecule has 0 heterocycles. The van der Waals surface area contributed by atoms with Gasteiger partial charge in [-0.2, -0.15) is 5.10 Å². The van der Waals surface area contributed by atoms with E-state index in [1.807, 2.05) is 0 Å². The van der Waals surface area contributed by atoms with Crippen LogP contribution in [0.5, 0.6) is 5.75 Å². The van der Waals surface area contributed by atoms with Crippen LogP contribution in [-0.4, -0.2) is 11.3 Å². The Morgan fingerprint density at radius 3 is 2.35 bits per heavy atom. The molecular formula is C15H12F3N3OS. The van der Waals surface area contributed by atoms with Crippen molar-refractivity contribution in [2.75, 3.05) is 0 Å². The van der Waals surface area contributed by atoms with Crippen LogP contribution in [0.4, 0.5) is 13.2 Å². The number of nitrogens with two attached hydrogens (primary N) is 1. The molecule has 0 amide bonds. The van der Waals surface area contributed by atoms with Crippen molar-refractivity contribution in [2.45, 2.75) is 6.61 Å². The number of nitrogens with zero attached hydrogens (tertiary/aromatic N) is 1. The van der Waals surface area contributed by atoms with Gasteiger partial charge in [-0.3, -0.25) is 5.43 Å². The average molecular weight is 339 g/mol. The van der Waals surface area contributed by atoms with Crippen LogP contribution in [0.2, 0.25) is 0 Å². The van der Waals surface area contributed by atoms with Crippen molar-refractivity contribution in [2.24, 2.45) is 10.8 Å². The highest BCUT2D eigenvalue weighted by Gasteiger charge is 2.11. The quantitative estimate of drug-likeness (QED) is 0.381. The molecule has 23 heavy (non-hydrogen) atoms. The van der Waals surface area contributed by atoms with Gasteiger partial charge < -0.3 is 10.5 Å². The molecule has 8 heteroatoms. The van der Waals surface area contributed by atoms with Crippen molar-refractivity contribution >= 4 is 23.5 Å². The molecule has 0 bridgehead atoms. The Bertz CT molecular complexity index is 712. The zero-order valence-electron chi connectivity index (χ0n) is 11.7. The number of halogens is 3. The highest BCUT2D eigenvalue weighted by molar-refractivity contribution is 7.80. The van der Waals surface area contributed by atoms with Gasteiger partial charge in [-0.1, -0.05) is 24.3 Å². The summed E-state index contributed by atoms with van der Waals surface area (Å²) >= 11 is 4.60. The molecule has 0 atom stereocenters. The van der Waals surface area contributed by atoms with Crippen molar-refractivity contribution in [1.82, 2.24) is 5.43 Å². The molecule has 0 aliphatic carbocycles. The molecule has 0 aliphatic heterocycles. The Hall–Kier alpha value is -2.61. The maximum Gasteiger partial charge on any atom is 0.194 e. The Labute approximate surface area is 135 Å². The summed E-state index contributed by atoms with van der Waals surface area (Å²) in [4.78, 5) is 0. The summed E-state index contributed by atoms with van der Waals surface area (Å²) < 4.78 is 44.2. The summed E-state index contributed by atoms with van der Waals surface area (Å²) in [6.45, 7) is 0.0765. The highest BCUT2D eigenvalue weighted by atomic mass is 32.1. The Morgan fingerprint density at radius 2 is 1.78 bits per heavy atom. The molecule has 0 aliphatic rings. The number of hydrogen-bond acceptors (Lipinski definition) is 3. The van der Waals surface area contributed by atoms with Gasteiger partial charge in [0, 0.05) is 12.1 Å². The van der Waals surface area contributed by atoms with Gasteiger partial charge >= 0.3 is 0 Å². The van der Waals surface area contributed by atoms with E-state index in [4.69, 9.17) is 10.5 Å². The first-order valence-corrected chi connectivity index (χ1v) is 6.81. The summed E-state index contributed by atoms with van der Waals surface area (Å²) in [5.41, 5.74) is 9.19. The van der Waals surface area contributed by atoms with Gasteiger partial charge in [-0.15, -0.1) is 0 Å². The number of thiocarbonyl (C=S) groups is 1. The predicted molar refractivity (Wildman–Crippen MR) is 84.6 cm³/mol. The van der Waals surface area contributed by atoms with Crippen molar-refractivity contribution in [3.05, 3.63) is 65.0 Å².